The quantitative estimate of drug-likeness (QED) is 0.749. The van der Waals surface area contributed by atoms with Crippen LogP contribution in [0.2, 0.25) is 0 Å². The molecule has 1 amide bonds. The summed E-state index contributed by atoms with van der Waals surface area (Å²) < 4.78 is 0. The summed E-state index contributed by atoms with van der Waals surface area (Å²) in [7, 11) is 0. The molecule has 2 aromatic rings. The van der Waals surface area contributed by atoms with Crippen molar-refractivity contribution in [3.05, 3.63) is 52.8 Å². The largest absolute Gasteiger partial charge is 0.352 e. The molecule has 0 aliphatic rings. The molecule has 0 radical (unpaired) electrons. The Morgan fingerprint density at radius 2 is 2.05 bits per heavy atom. The van der Waals surface area contributed by atoms with Crippen molar-refractivity contribution in [1.82, 2.24) is 15.5 Å². The van der Waals surface area contributed by atoms with Crippen molar-refractivity contribution in [2.75, 3.05) is 0 Å². The van der Waals surface area contributed by atoms with Crippen LogP contribution in [-0.2, 0) is 24.3 Å². The summed E-state index contributed by atoms with van der Waals surface area (Å²) >= 11 is 0. The van der Waals surface area contributed by atoms with Gasteiger partial charge < -0.3 is 11.1 Å². The molecule has 1 heterocycles. The predicted octanol–water partition coefficient (Wildman–Crippen LogP) is 1.04. The predicted molar refractivity (Wildman–Crippen MR) is 73.2 cm³/mol. The first-order valence-corrected chi connectivity index (χ1v) is 6.23. The lowest BCUT2D eigenvalue weighted by molar-refractivity contribution is -0.120. The van der Waals surface area contributed by atoms with Crippen molar-refractivity contribution in [2.24, 2.45) is 5.73 Å². The van der Waals surface area contributed by atoms with Gasteiger partial charge in [0.05, 0.1) is 12.6 Å². The molecular formula is C14H18N4O. The minimum Gasteiger partial charge on any atom is -0.352 e. The molecule has 0 aliphatic heterocycles. The van der Waals surface area contributed by atoms with Crippen molar-refractivity contribution in [2.45, 2.75) is 26.4 Å². The van der Waals surface area contributed by atoms with Gasteiger partial charge in [0.1, 0.15) is 0 Å². The van der Waals surface area contributed by atoms with Crippen molar-refractivity contribution >= 4 is 5.91 Å². The summed E-state index contributed by atoms with van der Waals surface area (Å²) in [5.41, 5.74) is 9.62. The average Bonchev–Trinajstić information content (AvgIpc) is 2.82. The number of nitrogens with zero attached hydrogens (tertiary/aromatic N) is 1. The molecule has 0 spiro atoms. The highest BCUT2D eigenvalue weighted by atomic mass is 16.1. The number of hydrogen-bond donors (Lipinski definition) is 3. The molecule has 0 atom stereocenters. The molecule has 0 fully saturated rings. The zero-order valence-corrected chi connectivity index (χ0v) is 10.9. The second-order valence-electron chi connectivity index (χ2n) is 4.45. The minimum absolute atomic E-state index is 0.0125. The number of aryl methyl sites for hydroxylation is 1. The standard InChI is InChI=1S/C14H18N4O/c1-10-13(9-17-18-10)8-16-14(19)6-11-4-2-3-5-12(11)7-15/h2-5,9H,6-8,15H2,1H3,(H,16,19)(H,17,18). The second-order valence-corrected chi connectivity index (χ2v) is 4.45. The van der Waals surface area contributed by atoms with Crippen LogP contribution in [0, 0.1) is 6.92 Å². The maximum atomic E-state index is 11.9. The van der Waals surface area contributed by atoms with E-state index in [9.17, 15) is 4.79 Å². The summed E-state index contributed by atoms with van der Waals surface area (Å²) in [6.07, 6.45) is 2.08. The number of benzene rings is 1. The first-order chi connectivity index (χ1) is 9.20. The number of aromatic amines is 1. The van der Waals surface area contributed by atoms with E-state index in [0.717, 1.165) is 22.4 Å². The summed E-state index contributed by atoms with van der Waals surface area (Å²) in [5.74, 6) is -0.0125. The van der Waals surface area contributed by atoms with Gasteiger partial charge in [-0.05, 0) is 18.1 Å². The maximum Gasteiger partial charge on any atom is 0.224 e. The fourth-order valence-corrected chi connectivity index (χ4v) is 1.91. The van der Waals surface area contributed by atoms with E-state index in [4.69, 9.17) is 5.73 Å². The van der Waals surface area contributed by atoms with Crippen LogP contribution in [0.4, 0.5) is 0 Å². The third kappa shape index (κ3) is 3.42. The van der Waals surface area contributed by atoms with Gasteiger partial charge in [-0.1, -0.05) is 24.3 Å². The second kappa shape index (κ2) is 6.15. The molecule has 0 unspecified atom stereocenters. The minimum atomic E-state index is -0.0125. The fraction of sp³-hybridized carbons (Fsp3) is 0.286. The van der Waals surface area contributed by atoms with Gasteiger partial charge in [-0.3, -0.25) is 9.89 Å². The molecule has 0 bridgehead atoms. The van der Waals surface area contributed by atoms with Crippen LogP contribution in [0.5, 0.6) is 0 Å². The number of nitrogens with two attached hydrogens (primary N) is 1. The normalized spacial score (nSPS) is 10.4. The molecule has 2 rings (SSSR count). The van der Waals surface area contributed by atoms with Crippen LogP contribution in [0.3, 0.4) is 0 Å². The van der Waals surface area contributed by atoms with Gasteiger partial charge in [0.25, 0.3) is 0 Å². The third-order valence-corrected chi connectivity index (χ3v) is 3.10. The zero-order chi connectivity index (χ0) is 13.7. The van der Waals surface area contributed by atoms with Crippen LogP contribution in [0.25, 0.3) is 0 Å². The lowest BCUT2D eigenvalue weighted by atomic mass is 10.0. The Balaban J connectivity index is 1.93. The number of hydrogen-bond acceptors (Lipinski definition) is 3. The van der Waals surface area contributed by atoms with Crippen LogP contribution in [0.1, 0.15) is 22.4 Å². The molecule has 5 heteroatoms. The molecule has 1 aromatic carbocycles. The molecule has 0 saturated heterocycles. The summed E-state index contributed by atoms with van der Waals surface area (Å²) in [6, 6.07) is 7.73. The van der Waals surface area contributed by atoms with E-state index in [1.165, 1.54) is 0 Å². The van der Waals surface area contributed by atoms with E-state index in [-0.39, 0.29) is 5.91 Å². The highest BCUT2D eigenvalue weighted by Gasteiger charge is 2.07. The molecule has 5 nitrogen and oxygen atoms in total. The van der Waals surface area contributed by atoms with Gasteiger partial charge in [0.15, 0.2) is 0 Å². The SMILES string of the molecule is Cc1[nH]ncc1CNC(=O)Cc1ccccc1CN. The molecule has 1 aromatic heterocycles. The van der Waals surface area contributed by atoms with E-state index in [2.05, 4.69) is 15.5 Å². The van der Waals surface area contributed by atoms with Gasteiger partial charge in [-0.25, -0.2) is 0 Å². The topological polar surface area (TPSA) is 83.8 Å². The Morgan fingerprint density at radius 3 is 2.68 bits per heavy atom. The summed E-state index contributed by atoms with van der Waals surface area (Å²) in [6.45, 7) is 2.87. The Morgan fingerprint density at radius 1 is 1.32 bits per heavy atom. The van der Waals surface area contributed by atoms with Gasteiger partial charge in [0, 0.05) is 24.3 Å². The number of amides is 1. The van der Waals surface area contributed by atoms with E-state index >= 15 is 0 Å². The van der Waals surface area contributed by atoms with Gasteiger partial charge >= 0.3 is 0 Å². The van der Waals surface area contributed by atoms with Crippen molar-refractivity contribution in [3.63, 3.8) is 0 Å². The number of nitrogens with one attached hydrogen (secondary N) is 2. The van der Waals surface area contributed by atoms with Crippen LogP contribution < -0.4 is 11.1 Å². The number of carbonyl (C=O) groups is 1. The highest BCUT2D eigenvalue weighted by molar-refractivity contribution is 5.78. The molecule has 4 N–H and O–H groups in total. The highest BCUT2D eigenvalue weighted by Crippen LogP contribution is 2.09. The van der Waals surface area contributed by atoms with Crippen molar-refractivity contribution in [3.8, 4) is 0 Å². The van der Waals surface area contributed by atoms with E-state index < -0.39 is 0 Å². The lowest BCUT2D eigenvalue weighted by Gasteiger charge is -2.08. The molecular weight excluding hydrogens is 240 g/mol. The average molecular weight is 258 g/mol. The molecule has 0 aliphatic carbocycles. The van der Waals surface area contributed by atoms with Crippen LogP contribution in [-0.4, -0.2) is 16.1 Å². The monoisotopic (exact) mass is 258 g/mol. The van der Waals surface area contributed by atoms with Crippen LogP contribution >= 0.6 is 0 Å². The zero-order valence-electron chi connectivity index (χ0n) is 10.9. The first kappa shape index (κ1) is 13.3. The first-order valence-electron chi connectivity index (χ1n) is 6.23. The molecule has 0 saturated carbocycles. The van der Waals surface area contributed by atoms with E-state index in [0.29, 0.717) is 19.5 Å². The maximum absolute atomic E-state index is 11.9. The molecule has 19 heavy (non-hydrogen) atoms. The number of carbonyl (C=O) groups excluding carboxylic acids is 1. The Hall–Kier alpha value is -2.14. The third-order valence-electron chi connectivity index (χ3n) is 3.10. The van der Waals surface area contributed by atoms with Crippen molar-refractivity contribution < 1.29 is 4.79 Å². The number of H-pyrrole nitrogens is 1. The van der Waals surface area contributed by atoms with Gasteiger partial charge in [-0.2, -0.15) is 5.10 Å². The fourth-order valence-electron chi connectivity index (χ4n) is 1.91. The lowest BCUT2D eigenvalue weighted by Crippen LogP contribution is -2.25. The van der Waals surface area contributed by atoms with Crippen LogP contribution in [0.15, 0.2) is 30.5 Å². The number of rotatable bonds is 5. The summed E-state index contributed by atoms with van der Waals surface area (Å²) in [4.78, 5) is 11.9. The molecule has 100 valence electrons. The van der Waals surface area contributed by atoms with E-state index in [1.807, 2.05) is 31.2 Å². The van der Waals surface area contributed by atoms with Gasteiger partial charge in [0.2, 0.25) is 5.91 Å². The number of aromatic nitrogens is 2. The Labute approximate surface area is 112 Å². The van der Waals surface area contributed by atoms with E-state index in [1.54, 1.807) is 6.20 Å². The van der Waals surface area contributed by atoms with Gasteiger partial charge in [-0.15, -0.1) is 0 Å². The smallest absolute Gasteiger partial charge is 0.224 e. The van der Waals surface area contributed by atoms with Crippen molar-refractivity contribution in [1.29, 1.82) is 0 Å². The Kier molecular flexibility index (Phi) is 4.30. The Bertz CT molecular complexity index is 562. The summed E-state index contributed by atoms with van der Waals surface area (Å²) in [5, 5.41) is 9.65.